The number of benzene rings is 1. The summed E-state index contributed by atoms with van der Waals surface area (Å²) in [5.74, 6) is -0.422. The predicted octanol–water partition coefficient (Wildman–Crippen LogP) is 3.85. The summed E-state index contributed by atoms with van der Waals surface area (Å²) in [6, 6.07) is 10.5. The first-order chi connectivity index (χ1) is 12.0. The third-order valence-corrected chi connectivity index (χ3v) is 4.52. The first-order valence-corrected chi connectivity index (χ1v) is 9.01. The van der Waals surface area contributed by atoms with Crippen molar-refractivity contribution in [3.8, 4) is 11.3 Å². The number of pyridine rings is 1. The molecule has 0 amide bonds. The van der Waals surface area contributed by atoms with E-state index in [1.807, 2.05) is 47.0 Å². The summed E-state index contributed by atoms with van der Waals surface area (Å²) < 4.78 is 7.88. The van der Waals surface area contributed by atoms with Gasteiger partial charge in [-0.15, -0.1) is 0 Å². The van der Waals surface area contributed by atoms with Gasteiger partial charge < -0.3 is 14.9 Å². The number of carbonyl (C=O) groups is 1. The zero-order valence-electron chi connectivity index (χ0n) is 13.6. The van der Waals surface area contributed by atoms with Gasteiger partial charge >= 0.3 is 5.97 Å². The average Bonchev–Trinajstić information content (AvgIpc) is 2.93. The normalized spacial score (nSPS) is 12.3. The number of fused-ring (bicyclic) bond motifs is 1. The van der Waals surface area contributed by atoms with Crippen LogP contribution < -0.4 is 5.73 Å². The first-order valence-electron chi connectivity index (χ1n) is 7.84. The van der Waals surface area contributed by atoms with Crippen LogP contribution in [0.2, 0.25) is 5.02 Å². The van der Waals surface area contributed by atoms with Gasteiger partial charge in [-0.25, -0.2) is 4.98 Å². The summed E-state index contributed by atoms with van der Waals surface area (Å²) in [4.78, 5) is 16.7. The maximum atomic E-state index is 12.0. The fourth-order valence-corrected chi connectivity index (χ4v) is 3.11. The Kier molecular flexibility index (Phi) is 5.42. The Balaban J connectivity index is 2.09. The van der Waals surface area contributed by atoms with E-state index in [4.69, 9.17) is 27.1 Å². The molecule has 0 fully saturated rings. The molecule has 0 saturated heterocycles. The largest absolute Gasteiger partial charge is 0.465 e. The Morgan fingerprint density at radius 2 is 2.04 bits per heavy atom. The summed E-state index contributed by atoms with van der Waals surface area (Å²) in [6.45, 7) is 2.06. The molecule has 0 aliphatic carbocycles. The zero-order chi connectivity index (χ0) is 18.0. The van der Waals surface area contributed by atoms with E-state index in [-0.39, 0.29) is 0 Å². The van der Waals surface area contributed by atoms with E-state index < -0.39 is 12.0 Å². The molecule has 1 aromatic carbocycles. The molecule has 0 radical (unpaired) electrons. The smallest absolute Gasteiger partial charge is 0.323 e. The van der Waals surface area contributed by atoms with Crippen molar-refractivity contribution in [2.75, 3.05) is 6.61 Å². The van der Waals surface area contributed by atoms with Crippen LogP contribution in [0.15, 0.2) is 47.1 Å². The van der Waals surface area contributed by atoms with E-state index in [0.29, 0.717) is 18.1 Å². The lowest BCUT2D eigenvalue weighted by atomic mass is 10.1. The summed E-state index contributed by atoms with van der Waals surface area (Å²) in [5, 5.41) is 0.653. The van der Waals surface area contributed by atoms with Gasteiger partial charge in [0, 0.05) is 27.7 Å². The van der Waals surface area contributed by atoms with E-state index in [9.17, 15) is 4.79 Å². The number of hydrogen-bond acceptors (Lipinski definition) is 4. The lowest BCUT2D eigenvalue weighted by Crippen LogP contribution is -2.34. The second-order valence-electron chi connectivity index (χ2n) is 5.55. The van der Waals surface area contributed by atoms with Crippen molar-refractivity contribution >= 4 is 39.1 Å². The van der Waals surface area contributed by atoms with Crippen molar-refractivity contribution in [3.05, 3.63) is 57.8 Å². The average molecular weight is 423 g/mol. The van der Waals surface area contributed by atoms with Crippen LogP contribution in [-0.4, -0.2) is 28.0 Å². The van der Waals surface area contributed by atoms with E-state index in [1.165, 1.54) is 0 Å². The van der Waals surface area contributed by atoms with Crippen molar-refractivity contribution in [2.24, 2.45) is 5.73 Å². The number of halogens is 2. The third kappa shape index (κ3) is 3.86. The van der Waals surface area contributed by atoms with Crippen LogP contribution in [0.5, 0.6) is 0 Å². The molecule has 5 nitrogen and oxygen atoms in total. The molecule has 1 unspecified atom stereocenters. The highest BCUT2D eigenvalue weighted by Gasteiger charge is 2.21. The number of nitrogens with two attached hydrogens (primary N) is 1. The number of carbonyl (C=O) groups excluding carboxylic acids is 1. The predicted molar refractivity (Wildman–Crippen MR) is 102 cm³/mol. The second-order valence-corrected chi connectivity index (χ2v) is 6.90. The number of rotatable bonds is 5. The number of aromatic nitrogens is 2. The van der Waals surface area contributed by atoms with E-state index in [1.54, 1.807) is 6.92 Å². The number of imidazole rings is 1. The first kappa shape index (κ1) is 17.9. The molecule has 0 spiro atoms. The van der Waals surface area contributed by atoms with Gasteiger partial charge in [0.1, 0.15) is 11.7 Å². The maximum Gasteiger partial charge on any atom is 0.323 e. The number of ether oxygens (including phenoxy) is 1. The van der Waals surface area contributed by atoms with Gasteiger partial charge in [0.15, 0.2) is 0 Å². The summed E-state index contributed by atoms with van der Waals surface area (Å²) in [7, 11) is 0. The van der Waals surface area contributed by atoms with E-state index in [2.05, 4.69) is 15.9 Å². The lowest BCUT2D eigenvalue weighted by Gasteiger charge is -2.12. The van der Waals surface area contributed by atoms with E-state index in [0.717, 1.165) is 27.1 Å². The summed E-state index contributed by atoms with van der Waals surface area (Å²) >= 11 is 9.46. The molecular weight excluding hydrogens is 406 g/mol. The van der Waals surface area contributed by atoms with Gasteiger partial charge in [0.05, 0.1) is 18.0 Å². The molecule has 25 heavy (non-hydrogen) atoms. The van der Waals surface area contributed by atoms with Crippen LogP contribution in [0.3, 0.4) is 0 Å². The quantitative estimate of drug-likeness (QED) is 0.634. The third-order valence-electron chi connectivity index (χ3n) is 3.80. The molecule has 0 saturated carbocycles. The highest BCUT2D eigenvalue weighted by molar-refractivity contribution is 9.10. The molecule has 130 valence electrons. The SMILES string of the molecule is CCOC(=O)C(N)Cc1c(-c2ccc(Cl)cc2)nc2ccc(Br)cn12. The zero-order valence-corrected chi connectivity index (χ0v) is 15.9. The second kappa shape index (κ2) is 7.56. The topological polar surface area (TPSA) is 69.6 Å². The minimum Gasteiger partial charge on any atom is -0.465 e. The lowest BCUT2D eigenvalue weighted by molar-refractivity contribution is -0.144. The van der Waals surface area contributed by atoms with E-state index >= 15 is 0 Å². The Hall–Kier alpha value is -1.89. The molecular formula is C18H17BrClN3O2. The van der Waals surface area contributed by atoms with Crippen molar-refractivity contribution in [1.29, 1.82) is 0 Å². The van der Waals surface area contributed by atoms with Gasteiger partial charge in [0.25, 0.3) is 0 Å². The summed E-state index contributed by atoms with van der Waals surface area (Å²) in [5.41, 5.74) is 9.35. The van der Waals surface area contributed by atoms with Crippen molar-refractivity contribution in [1.82, 2.24) is 9.38 Å². The molecule has 3 aromatic rings. The minimum atomic E-state index is -0.759. The monoisotopic (exact) mass is 421 g/mol. The molecule has 0 aliphatic rings. The van der Waals surface area contributed by atoms with Crippen molar-refractivity contribution in [2.45, 2.75) is 19.4 Å². The molecule has 0 bridgehead atoms. The Bertz CT molecular complexity index is 909. The molecule has 1 atom stereocenters. The van der Waals surface area contributed by atoms with Crippen LogP contribution in [0.1, 0.15) is 12.6 Å². The number of nitrogens with zero attached hydrogens (tertiary/aromatic N) is 2. The van der Waals surface area contributed by atoms with Gasteiger partial charge in [-0.3, -0.25) is 4.79 Å². The van der Waals surface area contributed by atoms with Crippen LogP contribution in [0.25, 0.3) is 16.9 Å². The molecule has 2 heterocycles. The Morgan fingerprint density at radius 3 is 2.72 bits per heavy atom. The molecule has 7 heteroatoms. The van der Waals surface area contributed by atoms with Gasteiger partial charge in [0.2, 0.25) is 0 Å². The number of hydrogen-bond donors (Lipinski definition) is 1. The highest BCUT2D eigenvalue weighted by Crippen LogP contribution is 2.28. The van der Waals surface area contributed by atoms with Gasteiger partial charge in [-0.2, -0.15) is 0 Å². The van der Waals surface area contributed by atoms with Gasteiger partial charge in [-0.1, -0.05) is 23.7 Å². The van der Waals surface area contributed by atoms with Crippen LogP contribution >= 0.6 is 27.5 Å². The molecule has 0 aliphatic heterocycles. The fourth-order valence-electron chi connectivity index (χ4n) is 2.64. The fraction of sp³-hybridized carbons (Fsp3) is 0.222. The van der Waals surface area contributed by atoms with Crippen LogP contribution in [0, 0.1) is 0 Å². The highest BCUT2D eigenvalue weighted by atomic mass is 79.9. The van der Waals surface area contributed by atoms with Crippen molar-refractivity contribution < 1.29 is 9.53 Å². The van der Waals surface area contributed by atoms with Crippen LogP contribution in [0.4, 0.5) is 0 Å². The maximum absolute atomic E-state index is 12.0. The van der Waals surface area contributed by atoms with Crippen LogP contribution in [-0.2, 0) is 16.0 Å². The standard InChI is InChI=1S/C18H17BrClN3O2/c1-2-25-18(24)14(21)9-15-17(11-3-6-13(20)7-4-11)22-16-8-5-12(19)10-23(15)16/h3-8,10,14H,2,9,21H2,1H3. The number of esters is 1. The molecule has 2 aromatic heterocycles. The van der Waals surface area contributed by atoms with Gasteiger partial charge in [-0.05, 0) is 47.1 Å². The Labute approximate surface area is 158 Å². The van der Waals surface area contributed by atoms with Crippen molar-refractivity contribution in [3.63, 3.8) is 0 Å². The summed E-state index contributed by atoms with van der Waals surface area (Å²) in [6.07, 6.45) is 2.23. The molecule has 3 rings (SSSR count). The molecule has 2 N–H and O–H groups in total. The minimum absolute atomic E-state index is 0.301. The Morgan fingerprint density at radius 1 is 1.32 bits per heavy atom.